The Hall–Kier alpha value is -2.15. The maximum absolute atomic E-state index is 14.7. The number of benzene rings is 2. The number of nitrogens with one attached hydrogen (secondary N) is 3. The minimum absolute atomic E-state index is 0.0199. The number of hydrogen-bond acceptors (Lipinski definition) is 3. The summed E-state index contributed by atoms with van der Waals surface area (Å²) < 4.78 is 14.7. The van der Waals surface area contributed by atoms with Gasteiger partial charge in [0.1, 0.15) is 5.82 Å². The van der Waals surface area contributed by atoms with Gasteiger partial charge in [0, 0.05) is 29.2 Å². The van der Waals surface area contributed by atoms with Gasteiger partial charge in [-0.05, 0) is 48.1 Å². The summed E-state index contributed by atoms with van der Waals surface area (Å²) >= 11 is 12.0. The maximum Gasteiger partial charge on any atom is 0.237 e. The van der Waals surface area contributed by atoms with Crippen LogP contribution in [0.2, 0.25) is 10.0 Å². The van der Waals surface area contributed by atoms with Crippen molar-refractivity contribution in [2.75, 3.05) is 5.32 Å². The summed E-state index contributed by atoms with van der Waals surface area (Å²) in [4.78, 5) is 24.1. The summed E-state index contributed by atoms with van der Waals surface area (Å²) in [5.74, 6) is -0.609. The van der Waals surface area contributed by atoms with Crippen LogP contribution in [-0.2, 0) is 16.1 Å². The van der Waals surface area contributed by atoms with Gasteiger partial charge in [-0.2, -0.15) is 0 Å². The molecule has 2 atom stereocenters. The number of halogens is 3. The van der Waals surface area contributed by atoms with Gasteiger partial charge in [-0.3, -0.25) is 9.59 Å². The first-order chi connectivity index (χ1) is 14.8. The molecule has 8 heteroatoms. The highest BCUT2D eigenvalue weighted by Gasteiger charge is 2.33. The monoisotopic (exact) mass is 465 g/mol. The Kier molecular flexibility index (Phi) is 7.92. The average Bonchev–Trinajstić information content (AvgIpc) is 2.70. The number of anilines is 1. The Morgan fingerprint density at radius 1 is 1.26 bits per heavy atom. The Morgan fingerprint density at radius 2 is 2.00 bits per heavy atom. The van der Waals surface area contributed by atoms with Crippen molar-refractivity contribution in [1.82, 2.24) is 10.6 Å². The number of hydrogen-bond donors (Lipinski definition) is 3. The van der Waals surface area contributed by atoms with Crippen LogP contribution in [0.1, 0.15) is 43.7 Å². The largest absolute Gasteiger partial charge is 0.352 e. The topological polar surface area (TPSA) is 70.2 Å². The molecule has 5 nitrogen and oxygen atoms in total. The van der Waals surface area contributed by atoms with E-state index in [2.05, 4.69) is 22.9 Å². The molecule has 1 aliphatic rings. The predicted molar refractivity (Wildman–Crippen MR) is 122 cm³/mol. The van der Waals surface area contributed by atoms with Crippen molar-refractivity contribution in [2.45, 2.75) is 51.2 Å². The zero-order valence-electron chi connectivity index (χ0n) is 17.4. The van der Waals surface area contributed by atoms with E-state index in [9.17, 15) is 14.0 Å². The van der Waals surface area contributed by atoms with Crippen LogP contribution >= 0.6 is 23.2 Å². The van der Waals surface area contributed by atoms with Gasteiger partial charge in [0.25, 0.3) is 0 Å². The summed E-state index contributed by atoms with van der Waals surface area (Å²) in [7, 11) is 0. The van der Waals surface area contributed by atoms with Crippen LogP contribution in [0.5, 0.6) is 0 Å². The van der Waals surface area contributed by atoms with Gasteiger partial charge in [-0.15, -0.1) is 0 Å². The van der Waals surface area contributed by atoms with Crippen LogP contribution < -0.4 is 16.0 Å². The summed E-state index contributed by atoms with van der Waals surface area (Å²) in [5, 5.41) is 9.43. The van der Waals surface area contributed by atoms with E-state index in [1.54, 1.807) is 37.3 Å². The van der Waals surface area contributed by atoms with Crippen LogP contribution in [0.15, 0.2) is 36.4 Å². The fourth-order valence-electron chi connectivity index (χ4n) is 3.98. The predicted octanol–water partition coefficient (Wildman–Crippen LogP) is 4.88. The molecule has 1 unspecified atom stereocenters. The molecule has 31 heavy (non-hydrogen) atoms. The molecule has 0 aliphatic heterocycles. The lowest BCUT2D eigenvalue weighted by Gasteiger charge is -2.35. The third kappa shape index (κ3) is 5.76. The minimum Gasteiger partial charge on any atom is -0.352 e. The van der Waals surface area contributed by atoms with E-state index in [1.807, 2.05) is 0 Å². The molecule has 0 aromatic heterocycles. The summed E-state index contributed by atoms with van der Waals surface area (Å²) in [5.41, 5.74) is 1.67. The molecule has 3 rings (SSSR count). The molecule has 166 valence electrons. The first-order valence-electron chi connectivity index (χ1n) is 10.3. The second-order valence-electron chi connectivity index (χ2n) is 8.14. The molecule has 0 radical (unpaired) electrons. The van der Waals surface area contributed by atoms with Crippen molar-refractivity contribution in [3.8, 4) is 0 Å². The Balaban J connectivity index is 1.82. The van der Waals surface area contributed by atoms with Gasteiger partial charge in [0.15, 0.2) is 0 Å². The van der Waals surface area contributed by atoms with Crippen LogP contribution in [-0.4, -0.2) is 24.4 Å². The van der Waals surface area contributed by atoms with Crippen LogP contribution in [0.4, 0.5) is 10.1 Å². The van der Waals surface area contributed by atoms with E-state index in [0.29, 0.717) is 28.6 Å². The molecular formula is C23H26Cl2FN3O2. The van der Waals surface area contributed by atoms with Gasteiger partial charge in [0.2, 0.25) is 12.3 Å². The smallest absolute Gasteiger partial charge is 0.237 e. The zero-order valence-corrected chi connectivity index (χ0v) is 18.9. The lowest BCUT2D eigenvalue weighted by molar-refractivity contribution is -0.125. The maximum atomic E-state index is 14.7. The molecule has 1 fully saturated rings. The summed E-state index contributed by atoms with van der Waals surface area (Å²) in [6, 6.07) is 9.34. The Bertz CT molecular complexity index is 950. The number of carbonyl (C=O) groups is 2. The first kappa shape index (κ1) is 23.5. The van der Waals surface area contributed by atoms with Crippen molar-refractivity contribution in [3.63, 3.8) is 0 Å². The van der Waals surface area contributed by atoms with Crippen molar-refractivity contribution in [2.24, 2.45) is 5.92 Å². The zero-order chi connectivity index (χ0) is 22.5. The van der Waals surface area contributed by atoms with Gasteiger partial charge in [0.05, 0.1) is 11.1 Å². The van der Waals surface area contributed by atoms with Crippen LogP contribution in [0.25, 0.3) is 0 Å². The average molecular weight is 466 g/mol. The van der Waals surface area contributed by atoms with Crippen molar-refractivity contribution in [3.05, 3.63) is 63.4 Å². The number of amides is 2. The second kappa shape index (κ2) is 10.4. The third-order valence-electron chi connectivity index (χ3n) is 5.77. The van der Waals surface area contributed by atoms with E-state index in [1.165, 1.54) is 6.07 Å². The lowest BCUT2D eigenvalue weighted by atomic mass is 9.81. The standard InChI is InChI=1S/C23H26Cl2FN3O2/c1-13-8-17(9-13)29-23(31)22(14(2)18-4-3-5-19(25)21(18)26)27-11-15-6-7-16(24)10-20(15)28-12-30/h3-7,10,12-14,17,22,27H,8-9,11H2,1-2H3,(H,28,30)(H,29,31)/t13?,14?,17?,22-/m1/s1. The van der Waals surface area contributed by atoms with E-state index in [0.717, 1.165) is 18.4 Å². The Morgan fingerprint density at radius 3 is 2.68 bits per heavy atom. The highest BCUT2D eigenvalue weighted by atomic mass is 35.5. The first-order valence-corrected chi connectivity index (χ1v) is 11.0. The van der Waals surface area contributed by atoms with Gasteiger partial charge in [-0.1, -0.05) is 55.2 Å². The molecule has 0 saturated heterocycles. The van der Waals surface area contributed by atoms with Gasteiger partial charge >= 0.3 is 0 Å². The molecule has 1 saturated carbocycles. The molecule has 1 aliphatic carbocycles. The molecular weight excluding hydrogens is 440 g/mol. The molecule has 3 N–H and O–H groups in total. The fraction of sp³-hybridized carbons (Fsp3) is 0.391. The molecule has 2 aromatic rings. The van der Waals surface area contributed by atoms with Crippen LogP contribution in [0.3, 0.4) is 0 Å². The summed E-state index contributed by atoms with van der Waals surface area (Å²) in [6.45, 7) is 4.21. The second-order valence-corrected chi connectivity index (χ2v) is 8.98. The molecule has 0 bridgehead atoms. The van der Waals surface area contributed by atoms with E-state index >= 15 is 0 Å². The highest BCUT2D eigenvalue weighted by Crippen LogP contribution is 2.30. The molecule has 0 heterocycles. The summed E-state index contributed by atoms with van der Waals surface area (Å²) in [6.07, 6.45) is 2.44. The van der Waals surface area contributed by atoms with E-state index < -0.39 is 17.8 Å². The Labute approximate surface area is 191 Å². The molecule has 2 amide bonds. The SMILES string of the molecule is CC1CC(NC(=O)[C@H](NCc2ccc(Cl)cc2NC=O)C(C)c2cccc(Cl)c2F)C1. The number of carbonyl (C=O) groups excluding carboxylic acids is 2. The normalized spacial score (nSPS) is 19.8. The van der Waals surface area contributed by atoms with E-state index in [-0.39, 0.29) is 23.5 Å². The fourth-order valence-corrected chi connectivity index (χ4v) is 4.33. The third-order valence-corrected chi connectivity index (χ3v) is 6.30. The van der Waals surface area contributed by atoms with Crippen LogP contribution in [0, 0.1) is 11.7 Å². The number of rotatable bonds is 9. The van der Waals surface area contributed by atoms with Crippen molar-refractivity contribution < 1.29 is 14.0 Å². The minimum atomic E-state index is -0.705. The quantitative estimate of drug-likeness (QED) is 0.462. The van der Waals surface area contributed by atoms with Gasteiger partial charge in [-0.25, -0.2) is 4.39 Å². The van der Waals surface area contributed by atoms with Crippen molar-refractivity contribution in [1.29, 1.82) is 0 Å². The van der Waals surface area contributed by atoms with Crippen molar-refractivity contribution >= 4 is 41.2 Å². The van der Waals surface area contributed by atoms with Gasteiger partial charge < -0.3 is 16.0 Å². The molecule has 0 spiro atoms. The van der Waals surface area contributed by atoms with E-state index in [4.69, 9.17) is 23.2 Å². The lowest BCUT2D eigenvalue weighted by Crippen LogP contribution is -2.53. The molecule has 2 aromatic carbocycles. The highest BCUT2D eigenvalue weighted by molar-refractivity contribution is 6.31.